The number of unbranched alkanes of at least 4 members (excludes halogenated alkanes) is 2. The molecule has 2 N–H and O–H groups in total. The number of carbonyl (C=O) groups excluding carboxylic acids is 1. The van der Waals surface area contributed by atoms with E-state index in [-0.39, 0.29) is 5.91 Å². The molecule has 0 bridgehead atoms. The van der Waals surface area contributed by atoms with Crippen LogP contribution >= 0.6 is 0 Å². The molecular weight excluding hydrogens is 248 g/mol. The Morgan fingerprint density at radius 3 is 3.00 bits per heavy atom. The summed E-state index contributed by atoms with van der Waals surface area (Å²) < 4.78 is 0. The second kappa shape index (κ2) is 7.32. The zero-order valence-electron chi connectivity index (χ0n) is 12.6. The summed E-state index contributed by atoms with van der Waals surface area (Å²) in [6.07, 6.45) is 5.35. The number of anilines is 1. The van der Waals surface area contributed by atoms with Gasteiger partial charge >= 0.3 is 0 Å². The molecule has 1 aromatic carbocycles. The highest BCUT2D eigenvalue weighted by Crippen LogP contribution is 2.33. The van der Waals surface area contributed by atoms with Crippen LogP contribution in [0.3, 0.4) is 0 Å². The van der Waals surface area contributed by atoms with Gasteiger partial charge in [0.05, 0.1) is 0 Å². The molecule has 0 saturated heterocycles. The molecule has 2 rings (SSSR count). The van der Waals surface area contributed by atoms with Crippen molar-refractivity contribution >= 4 is 11.6 Å². The molecule has 0 fully saturated rings. The van der Waals surface area contributed by atoms with Gasteiger partial charge in [0.15, 0.2) is 0 Å². The summed E-state index contributed by atoms with van der Waals surface area (Å²) in [5.41, 5.74) is 2.46. The molecule has 1 aliphatic rings. The topological polar surface area (TPSA) is 41.1 Å². The Morgan fingerprint density at radius 2 is 2.20 bits per heavy atom. The van der Waals surface area contributed by atoms with Crippen LogP contribution in [0.2, 0.25) is 0 Å². The van der Waals surface area contributed by atoms with Crippen molar-refractivity contribution in [3.05, 3.63) is 29.8 Å². The molecule has 3 nitrogen and oxygen atoms in total. The van der Waals surface area contributed by atoms with Gasteiger partial charge in [0.25, 0.3) is 0 Å². The Hall–Kier alpha value is -1.51. The third kappa shape index (κ3) is 3.99. The smallest absolute Gasteiger partial charge is 0.220 e. The number of para-hydroxylation sites is 1. The SMILES string of the molecule is CCCCCC(C)NC(=O)CC1CNc2ccccc21. The molecule has 0 spiro atoms. The van der Waals surface area contributed by atoms with Crippen LogP contribution < -0.4 is 10.6 Å². The number of fused-ring (bicyclic) bond motifs is 1. The normalized spacial score (nSPS) is 18.2. The number of amides is 1. The first-order valence-corrected chi connectivity index (χ1v) is 7.83. The highest BCUT2D eigenvalue weighted by Gasteiger charge is 2.24. The predicted octanol–water partition coefficient (Wildman–Crippen LogP) is 3.67. The quantitative estimate of drug-likeness (QED) is 0.745. The van der Waals surface area contributed by atoms with E-state index in [9.17, 15) is 4.79 Å². The molecule has 1 heterocycles. The minimum atomic E-state index is 0.178. The average Bonchev–Trinajstić information content (AvgIpc) is 2.82. The third-order valence-electron chi connectivity index (χ3n) is 4.02. The maximum Gasteiger partial charge on any atom is 0.220 e. The minimum absolute atomic E-state index is 0.178. The van der Waals surface area contributed by atoms with Gasteiger partial charge in [-0.1, -0.05) is 44.4 Å². The van der Waals surface area contributed by atoms with Crippen LogP contribution in [0.15, 0.2) is 24.3 Å². The molecule has 3 heteroatoms. The Balaban J connectivity index is 1.78. The molecule has 1 aromatic rings. The summed E-state index contributed by atoms with van der Waals surface area (Å²) in [4.78, 5) is 12.1. The molecular formula is C17H26N2O. The highest BCUT2D eigenvalue weighted by atomic mass is 16.1. The standard InChI is InChI=1S/C17H26N2O/c1-3-4-5-8-13(2)19-17(20)11-14-12-18-16-10-7-6-9-15(14)16/h6-7,9-10,13-14,18H,3-5,8,11-12H2,1-2H3,(H,19,20). The van der Waals surface area contributed by atoms with Crippen molar-refractivity contribution in [2.45, 2.75) is 57.9 Å². The summed E-state index contributed by atoms with van der Waals surface area (Å²) in [6.45, 7) is 5.18. The van der Waals surface area contributed by atoms with Crippen molar-refractivity contribution in [1.82, 2.24) is 5.32 Å². The lowest BCUT2D eigenvalue weighted by Gasteiger charge is -2.16. The lowest BCUT2D eigenvalue weighted by atomic mass is 9.97. The van der Waals surface area contributed by atoms with Crippen molar-refractivity contribution in [2.75, 3.05) is 11.9 Å². The average molecular weight is 274 g/mol. The van der Waals surface area contributed by atoms with Crippen LogP contribution in [-0.4, -0.2) is 18.5 Å². The first-order valence-electron chi connectivity index (χ1n) is 7.83. The van der Waals surface area contributed by atoms with Gasteiger partial charge in [-0.3, -0.25) is 4.79 Å². The number of carbonyl (C=O) groups is 1. The largest absolute Gasteiger partial charge is 0.384 e. The van der Waals surface area contributed by atoms with Crippen molar-refractivity contribution in [3.63, 3.8) is 0 Å². The fraction of sp³-hybridized carbons (Fsp3) is 0.588. The van der Waals surface area contributed by atoms with Crippen LogP contribution in [0.5, 0.6) is 0 Å². The van der Waals surface area contributed by atoms with Crippen molar-refractivity contribution in [2.24, 2.45) is 0 Å². The summed E-state index contributed by atoms with van der Waals surface area (Å²) >= 11 is 0. The van der Waals surface area contributed by atoms with Crippen molar-refractivity contribution in [1.29, 1.82) is 0 Å². The molecule has 110 valence electrons. The van der Waals surface area contributed by atoms with E-state index in [0.29, 0.717) is 18.4 Å². The molecule has 0 aromatic heterocycles. The van der Waals surface area contributed by atoms with Gasteiger partial charge in [-0.25, -0.2) is 0 Å². The van der Waals surface area contributed by atoms with Gasteiger partial charge in [-0.05, 0) is 25.0 Å². The first kappa shape index (κ1) is 14.9. The lowest BCUT2D eigenvalue weighted by molar-refractivity contribution is -0.122. The molecule has 0 aliphatic carbocycles. The van der Waals surface area contributed by atoms with Gasteiger partial charge in [0, 0.05) is 30.6 Å². The van der Waals surface area contributed by atoms with Gasteiger partial charge in [-0.15, -0.1) is 0 Å². The first-order chi connectivity index (χ1) is 9.70. The maximum atomic E-state index is 12.1. The summed E-state index contributed by atoms with van der Waals surface area (Å²) in [7, 11) is 0. The fourth-order valence-corrected chi connectivity index (χ4v) is 2.87. The maximum absolute atomic E-state index is 12.1. The number of nitrogens with one attached hydrogen (secondary N) is 2. The monoisotopic (exact) mass is 274 g/mol. The van der Waals surface area contributed by atoms with Crippen molar-refractivity contribution < 1.29 is 4.79 Å². The van der Waals surface area contributed by atoms with E-state index in [1.54, 1.807) is 0 Å². The van der Waals surface area contributed by atoms with Crippen LogP contribution in [0, 0.1) is 0 Å². The van der Waals surface area contributed by atoms with Gasteiger partial charge in [0.2, 0.25) is 5.91 Å². The van der Waals surface area contributed by atoms with Crippen LogP contribution in [0.1, 0.15) is 57.4 Å². The summed E-state index contributed by atoms with van der Waals surface area (Å²) in [6, 6.07) is 8.57. The van der Waals surface area contributed by atoms with Gasteiger partial charge in [-0.2, -0.15) is 0 Å². The minimum Gasteiger partial charge on any atom is -0.384 e. The zero-order valence-corrected chi connectivity index (χ0v) is 12.6. The summed E-state index contributed by atoms with van der Waals surface area (Å²) in [5.74, 6) is 0.492. The Morgan fingerprint density at radius 1 is 1.40 bits per heavy atom. The van der Waals surface area contributed by atoms with Crippen LogP contribution in [-0.2, 0) is 4.79 Å². The van der Waals surface area contributed by atoms with E-state index in [0.717, 1.165) is 13.0 Å². The molecule has 1 aliphatic heterocycles. The number of benzene rings is 1. The number of hydrogen-bond acceptors (Lipinski definition) is 2. The second-order valence-corrected chi connectivity index (χ2v) is 5.83. The molecule has 2 unspecified atom stereocenters. The molecule has 0 saturated carbocycles. The van der Waals surface area contributed by atoms with E-state index in [2.05, 4.69) is 36.6 Å². The van der Waals surface area contributed by atoms with Gasteiger partial charge < -0.3 is 10.6 Å². The Kier molecular flexibility index (Phi) is 5.45. The second-order valence-electron chi connectivity index (χ2n) is 5.83. The number of rotatable bonds is 7. The van der Waals surface area contributed by atoms with Gasteiger partial charge in [0.1, 0.15) is 0 Å². The fourth-order valence-electron chi connectivity index (χ4n) is 2.87. The predicted molar refractivity (Wildman–Crippen MR) is 84.0 cm³/mol. The zero-order chi connectivity index (χ0) is 14.4. The van der Waals surface area contributed by atoms with Crippen LogP contribution in [0.4, 0.5) is 5.69 Å². The van der Waals surface area contributed by atoms with E-state index in [4.69, 9.17) is 0 Å². The molecule has 20 heavy (non-hydrogen) atoms. The lowest BCUT2D eigenvalue weighted by Crippen LogP contribution is -2.33. The van der Waals surface area contributed by atoms with Crippen molar-refractivity contribution in [3.8, 4) is 0 Å². The third-order valence-corrected chi connectivity index (χ3v) is 4.02. The van der Waals surface area contributed by atoms with E-state index >= 15 is 0 Å². The van der Waals surface area contributed by atoms with E-state index in [1.165, 1.54) is 30.5 Å². The Bertz CT molecular complexity index is 444. The molecule has 0 radical (unpaired) electrons. The Labute approximate surface area is 122 Å². The molecule has 2 atom stereocenters. The van der Waals surface area contributed by atoms with E-state index in [1.807, 2.05) is 12.1 Å². The molecule has 1 amide bonds. The summed E-state index contributed by atoms with van der Waals surface area (Å²) in [5, 5.41) is 6.50. The van der Waals surface area contributed by atoms with E-state index < -0.39 is 0 Å². The number of hydrogen-bond donors (Lipinski definition) is 2. The van der Waals surface area contributed by atoms with Crippen LogP contribution in [0.25, 0.3) is 0 Å². The highest BCUT2D eigenvalue weighted by molar-refractivity contribution is 5.78.